The first kappa shape index (κ1) is 33.2. The lowest BCUT2D eigenvalue weighted by molar-refractivity contribution is -0.123. The van der Waals surface area contributed by atoms with Gasteiger partial charge in [-0.2, -0.15) is 0 Å². The quantitative estimate of drug-likeness (QED) is 0.216. The zero-order valence-electron chi connectivity index (χ0n) is 28.3. The molecule has 5 atom stereocenters. The molecule has 2 aromatic rings. The van der Waals surface area contributed by atoms with Crippen molar-refractivity contribution in [3.05, 3.63) is 58.4 Å². The lowest BCUT2D eigenvalue weighted by Gasteiger charge is -2.19. The predicted molar refractivity (Wildman–Crippen MR) is 180 cm³/mol. The van der Waals surface area contributed by atoms with E-state index in [1.807, 2.05) is 6.20 Å². The van der Waals surface area contributed by atoms with E-state index in [2.05, 4.69) is 45.0 Å². The smallest absolute Gasteiger partial charge is 0.140 e. The van der Waals surface area contributed by atoms with Crippen LogP contribution in [0.2, 0.25) is 0 Å². The van der Waals surface area contributed by atoms with Crippen LogP contribution in [0.5, 0.6) is 5.75 Å². The van der Waals surface area contributed by atoms with Gasteiger partial charge in [0, 0.05) is 37.3 Å². The molecule has 1 aromatic carbocycles. The first-order chi connectivity index (χ1) is 21.5. The van der Waals surface area contributed by atoms with Crippen molar-refractivity contribution in [3.8, 4) is 5.75 Å². The minimum Gasteiger partial charge on any atom is -0.493 e. The Morgan fingerprint density at radius 3 is 2.39 bits per heavy atom. The van der Waals surface area contributed by atoms with Gasteiger partial charge in [-0.15, -0.1) is 0 Å². The van der Waals surface area contributed by atoms with E-state index in [1.54, 1.807) is 7.11 Å². The fraction of sp³-hybridized carbons (Fsp3) is 0.700. The SMILES string of the molecule is CCc1cc(CC(=O)C(C)C2CCCC2)ccc1OCCC1CC1C1CCCCC(c2ncc(COC)cc2CC)CCC1. The zero-order chi connectivity index (χ0) is 30.9. The lowest BCUT2D eigenvalue weighted by atomic mass is 9.86. The number of hydrogen-bond donors (Lipinski definition) is 0. The van der Waals surface area contributed by atoms with Gasteiger partial charge >= 0.3 is 0 Å². The number of nitrogens with zero attached hydrogens (tertiary/aromatic N) is 1. The molecule has 1 heterocycles. The van der Waals surface area contributed by atoms with Gasteiger partial charge in [-0.3, -0.25) is 9.78 Å². The van der Waals surface area contributed by atoms with Gasteiger partial charge in [0.15, 0.2) is 0 Å². The van der Waals surface area contributed by atoms with Crippen molar-refractivity contribution in [3.63, 3.8) is 0 Å². The summed E-state index contributed by atoms with van der Waals surface area (Å²) in [6, 6.07) is 8.82. The minimum absolute atomic E-state index is 0.193. The fourth-order valence-electron chi connectivity index (χ4n) is 8.62. The molecule has 0 N–H and O–H groups in total. The van der Waals surface area contributed by atoms with Crippen LogP contribution in [0.4, 0.5) is 0 Å². The molecule has 242 valence electrons. The molecule has 0 bridgehead atoms. The van der Waals surface area contributed by atoms with Crippen molar-refractivity contribution in [2.45, 2.75) is 136 Å². The number of aromatic nitrogens is 1. The van der Waals surface area contributed by atoms with Crippen molar-refractivity contribution in [1.29, 1.82) is 0 Å². The number of Topliss-reactive ketones (excluding diaryl/α,β-unsaturated/α-hetero) is 1. The molecule has 0 radical (unpaired) electrons. The molecule has 3 aliphatic rings. The number of ether oxygens (including phenoxy) is 2. The molecule has 1 aromatic heterocycles. The Morgan fingerprint density at radius 2 is 1.61 bits per heavy atom. The van der Waals surface area contributed by atoms with E-state index in [9.17, 15) is 4.79 Å². The summed E-state index contributed by atoms with van der Waals surface area (Å²) in [6.45, 7) is 8.07. The molecule has 4 nitrogen and oxygen atoms in total. The Morgan fingerprint density at radius 1 is 0.909 bits per heavy atom. The van der Waals surface area contributed by atoms with Gasteiger partial charge in [0.05, 0.1) is 13.2 Å². The highest BCUT2D eigenvalue weighted by atomic mass is 16.5. The van der Waals surface area contributed by atoms with Gasteiger partial charge in [-0.1, -0.05) is 83.9 Å². The lowest BCUT2D eigenvalue weighted by Crippen LogP contribution is -2.20. The van der Waals surface area contributed by atoms with Crippen molar-refractivity contribution in [2.24, 2.45) is 29.6 Å². The Bertz CT molecular complexity index is 1200. The zero-order valence-corrected chi connectivity index (χ0v) is 28.3. The second kappa shape index (κ2) is 16.4. The second-order valence-corrected chi connectivity index (χ2v) is 14.4. The maximum absolute atomic E-state index is 13.0. The molecule has 0 saturated heterocycles. The number of ketones is 1. The molecule has 0 amide bonds. The van der Waals surface area contributed by atoms with Crippen molar-refractivity contribution < 1.29 is 14.3 Å². The molecule has 5 unspecified atom stereocenters. The van der Waals surface area contributed by atoms with Crippen LogP contribution >= 0.6 is 0 Å². The number of aryl methyl sites for hydroxylation is 2. The van der Waals surface area contributed by atoms with Gasteiger partial charge in [0.25, 0.3) is 0 Å². The fourth-order valence-corrected chi connectivity index (χ4v) is 8.62. The Hall–Kier alpha value is -2.20. The summed E-state index contributed by atoms with van der Waals surface area (Å²) in [5, 5.41) is 0. The summed E-state index contributed by atoms with van der Waals surface area (Å²) in [7, 11) is 1.76. The molecular formula is C40H59NO3. The minimum atomic E-state index is 0.193. The Labute approximate surface area is 268 Å². The van der Waals surface area contributed by atoms with Gasteiger partial charge < -0.3 is 9.47 Å². The number of hydrogen-bond acceptors (Lipinski definition) is 4. The van der Waals surface area contributed by atoms with Crippen molar-refractivity contribution in [1.82, 2.24) is 4.98 Å². The highest BCUT2D eigenvalue weighted by molar-refractivity contribution is 5.83. The number of methoxy groups -OCH3 is 1. The van der Waals surface area contributed by atoms with Crippen LogP contribution in [0.1, 0.15) is 138 Å². The third-order valence-electron chi connectivity index (χ3n) is 11.5. The molecule has 4 heteroatoms. The molecule has 5 rings (SSSR count). The van der Waals surface area contributed by atoms with Crippen LogP contribution in [-0.2, 0) is 35.4 Å². The summed E-state index contributed by atoms with van der Waals surface area (Å²) in [6.07, 6.45) is 21.5. The van der Waals surface area contributed by atoms with Crippen LogP contribution in [0, 0.1) is 29.6 Å². The second-order valence-electron chi connectivity index (χ2n) is 14.4. The van der Waals surface area contributed by atoms with Crippen LogP contribution in [0.15, 0.2) is 30.5 Å². The van der Waals surface area contributed by atoms with Crippen molar-refractivity contribution >= 4 is 5.78 Å². The van der Waals surface area contributed by atoms with E-state index in [4.69, 9.17) is 14.5 Å². The molecule has 44 heavy (non-hydrogen) atoms. The van der Waals surface area contributed by atoms with E-state index < -0.39 is 0 Å². The molecule has 0 spiro atoms. The highest BCUT2D eigenvalue weighted by Gasteiger charge is 2.42. The van der Waals surface area contributed by atoms with Gasteiger partial charge in [-0.25, -0.2) is 0 Å². The van der Waals surface area contributed by atoms with E-state index >= 15 is 0 Å². The summed E-state index contributed by atoms with van der Waals surface area (Å²) >= 11 is 0. The normalized spacial score (nSPS) is 25.2. The summed E-state index contributed by atoms with van der Waals surface area (Å²) in [5.41, 5.74) is 6.37. The summed E-state index contributed by atoms with van der Waals surface area (Å²) in [5.74, 6) is 5.44. The van der Waals surface area contributed by atoms with E-state index in [1.165, 1.54) is 106 Å². The number of carbonyl (C=O) groups is 1. The van der Waals surface area contributed by atoms with Crippen LogP contribution in [0.25, 0.3) is 0 Å². The Kier molecular flexibility index (Phi) is 12.4. The standard InChI is InChI=1S/C40H59NO3/c1-5-31-22-29(24-38(42)28(3)33-12-7-8-13-33)18-19-39(31)44-21-20-36-25-37(36)34-14-9-10-15-35(17-11-16-34)40-32(6-2)23-30(26-41-40)27-43-4/h18-19,22-23,26,28,33-37H,5-17,20-21,24-25,27H2,1-4H3. The highest BCUT2D eigenvalue weighted by Crippen LogP contribution is 2.50. The topological polar surface area (TPSA) is 48.4 Å². The van der Waals surface area contributed by atoms with E-state index in [0.717, 1.165) is 48.5 Å². The van der Waals surface area contributed by atoms with E-state index in [0.29, 0.717) is 30.6 Å². The number of benzene rings is 1. The average molecular weight is 602 g/mol. The molecular weight excluding hydrogens is 542 g/mol. The van der Waals surface area contributed by atoms with Gasteiger partial charge in [-0.05, 0) is 103 Å². The molecule has 0 aliphatic heterocycles. The molecule has 3 fully saturated rings. The summed E-state index contributed by atoms with van der Waals surface area (Å²) < 4.78 is 11.7. The largest absolute Gasteiger partial charge is 0.493 e. The van der Waals surface area contributed by atoms with Crippen LogP contribution in [0.3, 0.4) is 0 Å². The van der Waals surface area contributed by atoms with Crippen molar-refractivity contribution in [2.75, 3.05) is 13.7 Å². The third-order valence-corrected chi connectivity index (χ3v) is 11.5. The summed E-state index contributed by atoms with van der Waals surface area (Å²) in [4.78, 5) is 17.9. The maximum atomic E-state index is 13.0. The Balaban J connectivity index is 1.07. The number of pyridine rings is 1. The molecule has 3 saturated carbocycles. The van der Waals surface area contributed by atoms with Crippen LogP contribution in [-0.4, -0.2) is 24.5 Å². The third kappa shape index (κ3) is 8.74. The first-order valence-electron chi connectivity index (χ1n) is 18.2. The van der Waals surface area contributed by atoms with Crippen LogP contribution < -0.4 is 4.74 Å². The first-order valence-corrected chi connectivity index (χ1v) is 18.2. The van der Waals surface area contributed by atoms with E-state index in [-0.39, 0.29) is 5.92 Å². The number of carbonyl (C=O) groups excluding carboxylic acids is 1. The monoisotopic (exact) mass is 601 g/mol. The van der Waals surface area contributed by atoms with Gasteiger partial charge in [0.1, 0.15) is 11.5 Å². The average Bonchev–Trinajstić information content (AvgIpc) is 3.54. The van der Waals surface area contributed by atoms with Gasteiger partial charge in [0.2, 0.25) is 0 Å². The molecule has 3 aliphatic carbocycles. The number of rotatable bonds is 14. The predicted octanol–water partition coefficient (Wildman–Crippen LogP) is 9.84. The maximum Gasteiger partial charge on any atom is 0.140 e.